The lowest BCUT2D eigenvalue weighted by atomic mass is 9.69. The van der Waals surface area contributed by atoms with Crippen LogP contribution in [-0.4, -0.2) is 52.7 Å². The largest absolute Gasteiger partial charge is 0.480 e. The van der Waals surface area contributed by atoms with Gasteiger partial charge in [-0.2, -0.15) is 5.10 Å². The number of nitrogens with zero attached hydrogens (tertiary/aromatic N) is 6. The van der Waals surface area contributed by atoms with Gasteiger partial charge in [-0.3, -0.25) is 14.2 Å². The molecule has 2 aromatic carbocycles. The summed E-state index contributed by atoms with van der Waals surface area (Å²) in [6.07, 6.45) is 5.28. The minimum atomic E-state index is -1.31. The van der Waals surface area contributed by atoms with Gasteiger partial charge in [0.1, 0.15) is 23.9 Å². The normalized spacial score (nSPS) is 20.2. The maximum Gasteiger partial charge on any atom is 0.329 e. The molecule has 4 aromatic rings. The summed E-state index contributed by atoms with van der Waals surface area (Å²) in [5.41, 5.74) is 0.158. The second-order valence-corrected chi connectivity index (χ2v) is 10.5. The zero-order chi connectivity index (χ0) is 26.4. The highest BCUT2D eigenvalue weighted by atomic mass is 35.5. The fourth-order valence-electron chi connectivity index (χ4n) is 5.35. The van der Waals surface area contributed by atoms with E-state index in [9.17, 15) is 19.5 Å². The number of carbonyl (C=O) groups is 3. The number of aromatic nitrogens is 5. The summed E-state index contributed by atoms with van der Waals surface area (Å²) in [4.78, 5) is 49.3. The number of aliphatic carboxylic acids is 1. The van der Waals surface area contributed by atoms with Crippen LogP contribution in [0.5, 0.6) is 0 Å². The number of hydrogen-bond donors (Lipinski definition) is 2. The summed E-state index contributed by atoms with van der Waals surface area (Å²) >= 11 is 12.5. The topological polar surface area (TPSA) is 135 Å². The van der Waals surface area contributed by atoms with Crippen molar-refractivity contribution in [3.63, 3.8) is 0 Å². The van der Waals surface area contributed by atoms with Gasteiger partial charge in [0.25, 0.3) is 11.8 Å². The zero-order valence-electron chi connectivity index (χ0n) is 19.4. The van der Waals surface area contributed by atoms with Crippen molar-refractivity contribution in [2.24, 2.45) is 0 Å². The van der Waals surface area contributed by atoms with Crippen molar-refractivity contribution in [1.29, 1.82) is 0 Å². The van der Waals surface area contributed by atoms with Crippen LogP contribution in [0.1, 0.15) is 34.5 Å². The molecule has 2 N–H and O–H groups in total. The maximum atomic E-state index is 14.3. The summed E-state index contributed by atoms with van der Waals surface area (Å²) in [5, 5.41) is 17.1. The van der Waals surface area contributed by atoms with E-state index in [0.717, 1.165) is 5.56 Å². The minimum absolute atomic E-state index is 0.0771. The van der Waals surface area contributed by atoms with Crippen LogP contribution in [-0.2, 0) is 21.5 Å². The molecule has 3 heterocycles. The van der Waals surface area contributed by atoms with Gasteiger partial charge in [0.2, 0.25) is 5.95 Å². The summed E-state index contributed by atoms with van der Waals surface area (Å²) in [5.74, 6) is -1.85. The molecule has 3 aliphatic rings. The first kappa shape index (κ1) is 22.9. The number of rotatable bonds is 5. The third kappa shape index (κ3) is 3.02. The van der Waals surface area contributed by atoms with Crippen LogP contribution in [0.4, 0.5) is 11.6 Å². The van der Waals surface area contributed by atoms with E-state index in [1.54, 1.807) is 33.8 Å². The summed E-state index contributed by atoms with van der Waals surface area (Å²) in [6.45, 7) is 0. The van der Waals surface area contributed by atoms with E-state index in [-0.39, 0.29) is 17.5 Å². The lowest BCUT2D eigenvalue weighted by Crippen LogP contribution is -2.53. The number of amides is 2. The van der Waals surface area contributed by atoms with Gasteiger partial charge in [-0.15, -0.1) is 0 Å². The van der Waals surface area contributed by atoms with Crippen molar-refractivity contribution >= 4 is 52.6 Å². The molecule has 11 nitrogen and oxygen atoms in total. The highest BCUT2D eigenvalue weighted by Crippen LogP contribution is 2.53. The number of carboxylic acid groups (broad SMARTS) is 1. The Morgan fingerprint density at radius 1 is 1.05 bits per heavy atom. The SMILES string of the molecule is O=C(NC1(C(=O)O)CC1)c1cnc2n1[C@]1(Cc3ccc(-n4cncn4)cc31)C(=O)N2c1cc(Cl)cc(Cl)c1. The average molecular weight is 550 g/mol. The van der Waals surface area contributed by atoms with Gasteiger partial charge < -0.3 is 10.4 Å². The van der Waals surface area contributed by atoms with E-state index in [4.69, 9.17) is 23.2 Å². The molecular weight excluding hydrogens is 533 g/mol. The highest BCUT2D eigenvalue weighted by molar-refractivity contribution is 6.35. The summed E-state index contributed by atoms with van der Waals surface area (Å²) in [7, 11) is 0. The van der Waals surface area contributed by atoms with Crippen LogP contribution < -0.4 is 10.2 Å². The summed E-state index contributed by atoms with van der Waals surface area (Å²) in [6, 6.07) is 10.4. The predicted molar refractivity (Wildman–Crippen MR) is 135 cm³/mol. The van der Waals surface area contributed by atoms with Crippen molar-refractivity contribution in [3.05, 3.63) is 82.1 Å². The number of carboxylic acids is 1. The molecule has 0 unspecified atom stereocenters. The Morgan fingerprint density at radius 3 is 2.47 bits per heavy atom. The lowest BCUT2D eigenvalue weighted by Gasteiger charge is -2.41. The molecule has 0 bridgehead atoms. The number of halogens is 2. The van der Waals surface area contributed by atoms with Crippen molar-refractivity contribution in [1.82, 2.24) is 29.6 Å². The number of hydrogen-bond acceptors (Lipinski definition) is 6. The molecule has 13 heteroatoms. The summed E-state index contributed by atoms with van der Waals surface area (Å²) < 4.78 is 3.16. The molecule has 1 saturated carbocycles. The molecule has 0 radical (unpaired) electrons. The van der Waals surface area contributed by atoms with Gasteiger partial charge in [-0.25, -0.2) is 24.3 Å². The van der Waals surface area contributed by atoms with Crippen LogP contribution in [0.3, 0.4) is 0 Å². The number of carbonyl (C=O) groups excluding carboxylic acids is 2. The maximum absolute atomic E-state index is 14.3. The minimum Gasteiger partial charge on any atom is -0.480 e. The van der Waals surface area contributed by atoms with Gasteiger partial charge in [0, 0.05) is 16.5 Å². The second kappa shape index (κ2) is 7.65. The monoisotopic (exact) mass is 549 g/mol. The van der Waals surface area contributed by atoms with E-state index < -0.39 is 23.0 Å². The fourth-order valence-corrected chi connectivity index (χ4v) is 5.86. The van der Waals surface area contributed by atoms with Crippen molar-refractivity contribution in [3.8, 4) is 5.69 Å². The molecule has 2 aromatic heterocycles. The first-order valence-corrected chi connectivity index (χ1v) is 12.4. The van der Waals surface area contributed by atoms with Gasteiger partial charge >= 0.3 is 5.97 Å². The van der Waals surface area contributed by atoms with E-state index in [1.165, 1.54) is 17.4 Å². The van der Waals surface area contributed by atoms with E-state index in [0.29, 0.717) is 46.2 Å². The van der Waals surface area contributed by atoms with Crippen LogP contribution in [0.2, 0.25) is 10.0 Å². The molecule has 2 amide bonds. The smallest absolute Gasteiger partial charge is 0.329 e. The molecular formula is C25H17Cl2N7O4. The molecule has 190 valence electrons. The first-order chi connectivity index (χ1) is 18.2. The molecule has 1 atom stereocenters. The van der Waals surface area contributed by atoms with Gasteiger partial charge in [-0.05, 0) is 54.3 Å². The zero-order valence-corrected chi connectivity index (χ0v) is 20.9. The van der Waals surface area contributed by atoms with Gasteiger partial charge in [0.05, 0.1) is 17.6 Å². The van der Waals surface area contributed by atoms with E-state index >= 15 is 0 Å². The quantitative estimate of drug-likeness (QED) is 0.390. The standard InChI is InChI=1S/C25H17Cl2N7O4/c26-14-5-15(27)7-17(6-14)33-21(36)25(9-13-1-2-16(8-18(13)25)32-12-28-11-30-32)34-19(10-29-23(33)34)20(35)31-24(3-4-24)22(37)38/h1-2,5-8,10-12H,3-4,9H2,(H,31,35)(H,37,38)/t25-/m0/s1. The second-order valence-electron chi connectivity index (χ2n) is 9.61. The van der Waals surface area contributed by atoms with Crippen molar-refractivity contribution in [2.45, 2.75) is 30.3 Å². The molecule has 1 spiro atoms. The van der Waals surface area contributed by atoms with Gasteiger partial charge in [0.15, 0.2) is 5.54 Å². The van der Waals surface area contributed by atoms with Crippen LogP contribution in [0.25, 0.3) is 5.69 Å². The number of nitrogens with one attached hydrogen (secondary N) is 1. The number of anilines is 2. The third-order valence-electron chi connectivity index (χ3n) is 7.40. The molecule has 0 saturated heterocycles. The Morgan fingerprint density at radius 2 is 1.82 bits per heavy atom. The molecule has 2 aliphatic carbocycles. The Balaban J connectivity index is 1.41. The molecule has 38 heavy (non-hydrogen) atoms. The first-order valence-electron chi connectivity index (χ1n) is 11.7. The highest BCUT2D eigenvalue weighted by Gasteiger charge is 2.61. The van der Waals surface area contributed by atoms with E-state index in [1.807, 2.05) is 18.2 Å². The number of imidazole rings is 1. The van der Waals surface area contributed by atoms with E-state index in [2.05, 4.69) is 20.4 Å². The Bertz CT molecular complexity index is 1680. The average Bonchev–Trinajstić information content (AvgIpc) is 3.19. The van der Waals surface area contributed by atoms with Gasteiger partial charge in [-0.1, -0.05) is 29.3 Å². The van der Waals surface area contributed by atoms with Crippen molar-refractivity contribution in [2.75, 3.05) is 4.90 Å². The molecule has 1 fully saturated rings. The Hall–Kier alpha value is -4.22. The Labute approximate surface area is 224 Å². The predicted octanol–water partition coefficient (Wildman–Crippen LogP) is 3.10. The number of benzene rings is 2. The lowest BCUT2D eigenvalue weighted by molar-refractivity contribution is -0.140. The number of fused-ring (bicyclic) bond motifs is 4. The molecule has 7 rings (SSSR count). The van der Waals surface area contributed by atoms with Crippen LogP contribution >= 0.6 is 23.2 Å². The third-order valence-corrected chi connectivity index (χ3v) is 7.84. The Kier molecular flexibility index (Phi) is 4.62. The fraction of sp³-hybridized carbons (Fsp3) is 0.200. The van der Waals surface area contributed by atoms with Crippen LogP contribution in [0.15, 0.2) is 55.2 Å². The van der Waals surface area contributed by atoms with Crippen LogP contribution in [0, 0.1) is 0 Å². The van der Waals surface area contributed by atoms with Crippen molar-refractivity contribution < 1.29 is 19.5 Å². The molecule has 1 aliphatic heterocycles.